The number of hydrogen-bond acceptors (Lipinski definition) is 3. The third-order valence-corrected chi connectivity index (χ3v) is 2.90. The van der Waals surface area contributed by atoms with Gasteiger partial charge in [0.05, 0.1) is 12.5 Å². The van der Waals surface area contributed by atoms with Crippen LogP contribution in [0.3, 0.4) is 0 Å². The molecule has 1 aromatic rings. The van der Waals surface area contributed by atoms with Gasteiger partial charge in [-0.2, -0.15) is 0 Å². The van der Waals surface area contributed by atoms with E-state index >= 15 is 0 Å². The van der Waals surface area contributed by atoms with Crippen molar-refractivity contribution in [3.05, 3.63) is 42.0 Å². The average Bonchev–Trinajstić information content (AvgIpc) is 2.77. The van der Waals surface area contributed by atoms with Crippen LogP contribution >= 0.6 is 0 Å². The highest BCUT2D eigenvalue weighted by Gasteiger charge is 2.22. The van der Waals surface area contributed by atoms with Gasteiger partial charge in [0.2, 0.25) is 5.91 Å². The summed E-state index contributed by atoms with van der Waals surface area (Å²) in [4.78, 5) is 11.9. The number of carbonyl (C=O) groups excluding carboxylic acids is 1. The molecular formula is C13H16N2O2. The van der Waals surface area contributed by atoms with Crippen molar-refractivity contribution in [2.75, 3.05) is 5.32 Å². The van der Waals surface area contributed by atoms with Gasteiger partial charge in [-0.25, -0.2) is 0 Å². The minimum atomic E-state index is -0.170. The van der Waals surface area contributed by atoms with Gasteiger partial charge in [0.25, 0.3) is 0 Å². The normalized spacial score (nSPS) is 22.7. The highest BCUT2D eigenvalue weighted by Crippen LogP contribution is 2.20. The molecule has 0 heterocycles. The van der Waals surface area contributed by atoms with Gasteiger partial charge in [0, 0.05) is 17.3 Å². The van der Waals surface area contributed by atoms with Crippen LogP contribution in [0.2, 0.25) is 0 Å². The molecule has 1 aliphatic carbocycles. The largest absolute Gasteiger partial charge is 0.392 e. The number of anilines is 1. The van der Waals surface area contributed by atoms with E-state index in [9.17, 15) is 4.79 Å². The summed E-state index contributed by atoms with van der Waals surface area (Å²) in [5, 5.41) is 12.0. The Morgan fingerprint density at radius 1 is 1.41 bits per heavy atom. The summed E-state index contributed by atoms with van der Waals surface area (Å²) in [6.45, 7) is -0.0868. The minimum Gasteiger partial charge on any atom is -0.392 e. The van der Waals surface area contributed by atoms with Crippen molar-refractivity contribution in [3.8, 4) is 0 Å². The number of rotatable bonds is 3. The predicted molar refractivity (Wildman–Crippen MR) is 66.2 cm³/mol. The van der Waals surface area contributed by atoms with E-state index in [4.69, 9.17) is 10.8 Å². The van der Waals surface area contributed by atoms with Crippen molar-refractivity contribution >= 4 is 11.6 Å². The molecule has 1 aromatic carbocycles. The van der Waals surface area contributed by atoms with Crippen LogP contribution in [0.1, 0.15) is 12.0 Å². The number of para-hydroxylation sites is 1. The average molecular weight is 232 g/mol. The van der Waals surface area contributed by atoms with Crippen molar-refractivity contribution in [1.29, 1.82) is 0 Å². The van der Waals surface area contributed by atoms with E-state index in [-0.39, 0.29) is 24.5 Å². The quantitative estimate of drug-likeness (QED) is 0.681. The second kappa shape index (κ2) is 5.12. The van der Waals surface area contributed by atoms with Crippen LogP contribution in [0.25, 0.3) is 0 Å². The number of aliphatic hydroxyl groups is 1. The van der Waals surface area contributed by atoms with Crippen LogP contribution in [0.15, 0.2) is 36.4 Å². The number of aliphatic hydroxyl groups excluding tert-OH is 1. The monoisotopic (exact) mass is 232 g/mol. The Hall–Kier alpha value is -1.65. The summed E-state index contributed by atoms with van der Waals surface area (Å²) >= 11 is 0. The molecule has 1 amide bonds. The summed E-state index contributed by atoms with van der Waals surface area (Å²) in [5.74, 6) is -0.244. The van der Waals surface area contributed by atoms with E-state index < -0.39 is 0 Å². The summed E-state index contributed by atoms with van der Waals surface area (Å²) in [6, 6.07) is 7.18. The van der Waals surface area contributed by atoms with Gasteiger partial charge in [-0.1, -0.05) is 30.4 Å². The third kappa shape index (κ3) is 2.72. The number of amides is 1. The molecule has 90 valence electrons. The molecule has 1 aliphatic rings. The Kier molecular flexibility index (Phi) is 3.56. The molecule has 0 aromatic heterocycles. The SMILES string of the molecule is NC1C=CC(C(=O)Nc2ccccc2CO)C1. The Morgan fingerprint density at radius 2 is 2.18 bits per heavy atom. The van der Waals surface area contributed by atoms with Gasteiger partial charge in [-0.3, -0.25) is 4.79 Å². The second-order valence-corrected chi connectivity index (χ2v) is 4.20. The lowest BCUT2D eigenvalue weighted by Gasteiger charge is -2.12. The lowest BCUT2D eigenvalue weighted by molar-refractivity contribution is -0.118. The molecule has 0 saturated carbocycles. The first-order valence-corrected chi connectivity index (χ1v) is 5.64. The van der Waals surface area contributed by atoms with Gasteiger partial charge in [0.1, 0.15) is 0 Å². The van der Waals surface area contributed by atoms with E-state index in [1.54, 1.807) is 12.1 Å². The molecule has 2 unspecified atom stereocenters. The highest BCUT2D eigenvalue weighted by atomic mass is 16.3. The van der Waals surface area contributed by atoms with E-state index in [1.807, 2.05) is 24.3 Å². The number of benzene rings is 1. The van der Waals surface area contributed by atoms with Crippen LogP contribution < -0.4 is 11.1 Å². The molecule has 2 atom stereocenters. The fourth-order valence-corrected chi connectivity index (χ4v) is 1.93. The fraction of sp³-hybridized carbons (Fsp3) is 0.308. The fourth-order valence-electron chi connectivity index (χ4n) is 1.93. The molecule has 17 heavy (non-hydrogen) atoms. The summed E-state index contributed by atoms with van der Waals surface area (Å²) < 4.78 is 0. The maximum absolute atomic E-state index is 11.9. The van der Waals surface area contributed by atoms with Crippen molar-refractivity contribution in [1.82, 2.24) is 0 Å². The van der Waals surface area contributed by atoms with E-state index in [0.717, 1.165) is 0 Å². The topological polar surface area (TPSA) is 75.4 Å². The maximum atomic E-state index is 11.9. The van der Waals surface area contributed by atoms with Crippen molar-refractivity contribution < 1.29 is 9.90 Å². The van der Waals surface area contributed by atoms with Crippen molar-refractivity contribution in [3.63, 3.8) is 0 Å². The van der Waals surface area contributed by atoms with Crippen LogP contribution in [0.4, 0.5) is 5.69 Å². The molecule has 4 N–H and O–H groups in total. The summed E-state index contributed by atoms with van der Waals surface area (Å²) in [5.41, 5.74) is 7.08. The van der Waals surface area contributed by atoms with Crippen LogP contribution in [0, 0.1) is 5.92 Å². The molecule has 0 saturated heterocycles. The Bertz CT molecular complexity index is 443. The molecular weight excluding hydrogens is 216 g/mol. The third-order valence-electron chi connectivity index (χ3n) is 2.90. The lowest BCUT2D eigenvalue weighted by atomic mass is 10.1. The lowest BCUT2D eigenvalue weighted by Crippen LogP contribution is -2.24. The predicted octanol–water partition coefficient (Wildman–Crippen LogP) is 1.02. The van der Waals surface area contributed by atoms with Crippen LogP contribution in [0.5, 0.6) is 0 Å². The Morgan fingerprint density at radius 3 is 2.82 bits per heavy atom. The first kappa shape index (κ1) is 11.8. The van der Waals surface area contributed by atoms with Gasteiger partial charge in [-0.15, -0.1) is 0 Å². The second-order valence-electron chi connectivity index (χ2n) is 4.20. The minimum absolute atomic E-state index is 0.0289. The number of hydrogen-bond donors (Lipinski definition) is 3. The molecule has 0 fully saturated rings. The molecule has 2 rings (SSSR count). The first-order chi connectivity index (χ1) is 8.20. The molecule has 0 radical (unpaired) electrons. The zero-order valence-corrected chi connectivity index (χ0v) is 9.47. The zero-order valence-electron chi connectivity index (χ0n) is 9.47. The van der Waals surface area contributed by atoms with E-state index in [2.05, 4.69) is 5.32 Å². The van der Waals surface area contributed by atoms with Crippen LogP contribution in [-0.2, 0) is 11.4 Å². The first-order valence-electron chi connectivity index (χ1n) is 5.64. The van der Waals surface area contributed by atoms with Crippen molar-refractivity contribution in [2.24, 2.45) is 11.7 Å². The molecule has 0 bridgehead atoms. The maximum Gasteiger partial charge on any atom is 0.231 e. The molecule has 4 heteroatoms. The van der Waals surface area contributed by atoms with Gasteiger partial charge >= 0.3 is 0 Å². The molecule has 4 nitrogen and oxygen atoms in total. The smallest absolute Gasteiger partial charge is 0.231 e. The highest BCUT2D eigenvalue weighted by molar-refractivity contribution is 5.94. The van der Waals surface area contributed by atoms with Crippen LogP contribution in [-0.4, -0.2) is 17.1 Å². The van der Waals surface area contributed by atoms with Crippen molar-refractivity contribution in [2.45, 2.75) is 19.1 Å². The van der Waals surface area contributed by atoms with Gasteiger partial charge in [0.15, 0.2) is 0 Å². The molecule has 0 spiro atoms. The van der Waals surface area contributed by atoms with E-state index in [0.29, 0.717) is 17.7 Å². The van der Waals surface area contributed by atoms with E-state index in [1.165, 1.54) is 0 Å². The Balaban J connectivity index is 2.06. The molecule has 0 aliphatic heterocycles. The standard InChI is InChI=1S/C13H16N2O2/c14-11-6-5-9(7-11)13(17)15-12-4-2-1-3-10(12)8-16/h1-6,9,11,16H,7-8,14H2,(H,15,17). The zero-order chi connectivity index (χ0) is 12.3. The van der Waals surface area contributed by atoms with Gasteiger partial charge in [-0.05, 0) is 12.5 Å². The number of carbonyl (C=O) groups is 1. The summed E-state index contributed by atoms with van der Waals surface area (Å²) in [6.07, 6.45) is 4.33. The Labute approximate surface area is 100 Å². The number of nitrogens with two attached hydrogens (primary N) is 1. The van der Waals surface area contributed by atoms with Gasteiger partial charge < -0.3 is 16.2 Å². The summed E-state index contributed by atoms with van der Waals surface area (Å²) in [7, 11) is 0. The number of nitrogens with one attached hydrogen (secondary N) is 1.